The summed E-state index contributed by atoms with van der Waals surface area (Å²) in [6.07, 6.45) is 5.33. The van der Waals surface area contributed by atoms with E-state index in [1.807, 2.05) is 0 Å². The molecule has 2 saturated heterocycles. The van der Waals surface area contributed by atoms with Gasteiger partial charge in [0.2, 0.25) is 23.6 Å². The summed E-state index contributed by atoms with van der Waals surface area (Å²) in [6, 6.07) is 0.0227. The Bertz CT molecular complexity index is 656. The van der Waals surface area contributed by atoms with Crippen molar-refractivity contribution >= 4 is 23.6 Å². The Labute approximate surface area is 154 Å². The van der Waals surface area contributed by atoms with Crippen molar-refractivity contribution in [2.45, 2.75) is 71.3 Å². The third-order valence-electron chi connectivity index (χ3n) is 7.48. The Morgan fingerprint density at radius 1 is 0.731 bits per heavy atom. The zero-order valence-electron chi connectivity index (χ0n) is 15.9. The molecule has 0 aromatic heterocycles. The van der Waals surface area contributed by atoms with Crippen LogP contribution in [0.25, 0.3) is 0 Å². The van der Waals surface area contributed by atoms with E-state index >= 15 is 0 Å². The van der Waals surface area contributed by atoms with Crippen molar-refractivity contribution < 1.29 is 19.2 Å². The van der Waals surface area contributed by atoms with Gasteiger partial charge in [0.05, 0.1) is 0 Å². The zero-order valence-corrected chi connectivity index (χ0v) is 15.9. The summed E-state index contributed by atoms with van der Waals surface area (Å²) in [6.45, 7) is 4.44. The van der Waals surface area contributed by atoms with Crippen molar-refractivity contribution in [2.75, 3.05) is 7.05 Å². The first-order chi connectivity index (χ1) is 12.2. The largest absolute Gasteiger partial charge is 0.284 e. The minimum Gasteiger partial charge on any atom is -0.284 e. The fourth-order valence-corrected chi connectivity index (χ4v) is 5.85. The van der Waals surface area contributed by atoms with Crippen molar-refractivity contribution in [3.05, 3.63) is 0 Å². The zero-order chi connectivity index (χ0) is 18.9. The molecule has 0 aromatic rings. The Morgan fingerprint density at radius 3 is 1.77 bits per heavy atom. The summed E-state index contributed by atoms with van der Waals surface area (Å²) in [5.74, 6) is 0.732. The van der Waals surface area contributed by atoms with Crippen molar-refractivity contribution in [3.8, 4) is 0 Å². The first kappa shape index (κ1) is 17.7. The van der Waals surface area contributed by atoms with Gasteiger partial charge in [0, 0.05) is 13.1 Å². The molecule has 4 fully saturated rings. The van der Waals surface area contributed by atoms with Crippen LogP contribution < -0.4 is 0 Å². The van der Waals surface area contributed by atoms with Gasteiger partial charge in [0.25, 0.3) is 0 Å². The number of imide groups is 2. The van der Waals surface area contributed by atoms with Crippen molar-refractivity contribution in [1.29, 1.82) is 0 Å². The van der Waals surface area contributed by atoms with Crippen LogP contribution in [0.1, 0.15) is 65.2 Å². The highest BCUT2D eigenvalue weighted by atomic mass is 16.2. The highest BCUT2D eigenvalue weighted by molar-refractivity contribution is 6.24. The molecule has 4 amide bonds. The molecule has 2 aliphatic carbocycles. The highest BCUT2D eigenvalue weighted by Crippen LogP contribution is 2.56. The Morgan fingerprint density at radius 2 is 1.23 bits per heavy atom. The average Bonchev–Trinajstić information content (AvgIpc) is 2.80. The molecule has 0 radical (unpaired) electrons. The monoisotopic (exact) mass is 360 g/mol. The molecule has 3 unspecified atom stereocenters. The molecule has 2 spiro atoms. The second-order valence-corrected chi connectivity index (χ2v) is 9.23. The standard InChI is InChI=1S/C20H28N2O4/c1-12-4-5-14(11-13(2)10-12)22-17(25)20(18(22)26)8-6-19(7-9-20)15(23)21(3)16(19)24/h12-14H,4-11H2,1-3H3. The van der Waals surface area contributed by atoms with E-state index in [1.54, 1.807) is 0 Å². The minimum atomic E-state index is -0.957. The number of likely N-dealkylation sites (tertiary alicyclic amines) is 2. The number of hydrogen-bond acceptors (Lipinski definition) is 4. The van der Waals surface area contributed by atoms with Crippen molar-refractivity contribution in [1.82, 2.24) is 9.80 Å². The van der Waals surface area contributed by atoms with E-state index in [2.05, 4.69) is 13.8 Å². The van der Waals surface area contributed by atoms with E-state index in [9.17, 15) is 19.2 Å². The van der Waals surface area contributed by atoms with Crippen LogP contribution in [0, 0.1) is 22.7 Å². The van der Waals surface area contributed by atoms with Gasteiger partial charge < -0.3 is 0 Å². The van der Waals surface area contributed by atoms with Crippen LogP contribution in [0.3, 0.4) is 0 Å². The van der Waals surface area contributed by atoms with E-state index < -0.39 is 10.8 Å². The summed E-state index contributed by atoms with van der Waals surface area (Å²) < 4.78 is 0. The van der Waals surface area contributed by atoms with Gasteiger partial charge in [-0.15, -0.1) is 0 Å². The predicted octanol–water partition coefficient (Wildman–Crippen LogP) is 2.12. The van der Waals surface area contributed by atoms with Crippen LogP contribution in [0.15, 0.2) is 0 Å². The maximum atomic E-state index is 13.0. The molecular formula is C20H28N2O4. The molecule has 2 heterocycles. The molecule has 6 nitrogen and oxygen atoms in total. The van der Waals surface area contributed by atoms with Gasteiger partial charge in [-0.3, -0.25) is 29.0 Å². The lowest BCUT2D eigenvalue weighted by molar-refractivity contribution is -0.194. The number of carbonyl (C=O) groups is 4. The third kappa shape index (κ3) is 2.10. The van der Waals surface area contributed by atoms with Crippen LogP contribution in [0.5, 0.6) is 0 Å². The molecule has 6 heteroatoms. The Balaban J connectivity index is 1.46. The summed E-state index contributed by atoms with van der Waals surface area (Å²) in [4.78, 5) is 53.1. The van der Waals surface area contributed by atoms with Gasteiger partial charge in [0.1, 0.15) is 10.8 Å². The molecule has 142 valence electrons. The van der Waals surface area contributed by atoms with Gasteiger partial charge >= 0.3 is 0 Å². The first-order valence-electron chi connectivity index (χ1n) is 9.93. The number of amides is 4. The number of rotatable bonds is 1. The second kappa shape index (κ2) is 5.64. The predicted molar refractivity (Wildman–Crippen MR) is 93.5 cm³/mol. The van der Waals surface area contributed by atoms with E-state index in [1.165, 1.54) is 11.9 Å². The van der Waals surface area contributed by atoms with Gasteiger partial charge in [0.15, 0.2) is 0 Å². The number of β-lactam (4-membered cyclic amide) rings is 4. The lowest BCUT2D eigenvalue weighted by Crippen LogP contribution is -2.73. The minimum absolute atomic E-state index is 0.0227. The SMILES string of the molecule is CC1CCC(N2C(=O)C3(CCC4(CC3)C(=O)N(C)C4=O)C2=O)CC(C)C1. The third-order valence-corrected chi connectivity index (χ3v) is 7.48. The van der Waals surface area contributed by atoms with Crippen LogP contribution >= 0.6 is 0 Å². The molecular weight excluding hydrogens is 332 g/mol. The summed E-state index contributed by atoms with van der Waals surface area (Å²) in [5.41, 5.74) is -1.91. The lowest BCUT2D eigenvalue weighted by Gasteiger charge is -2.56. The highest BCUT2D eigenvalue weighted by Gasteiger charge is 2.69. The molecule has 3 atom stereocenters. The Hall–Kier alpha value is -1.72. The van der Waals surface area contributed by atoms with Crippen LogP contribution in [0.2, 0.25) is 0 Å². The molecule has 4 aliphatic rings. The molecule has 4 rings (SSSR count). The van der Waals surface area contributed by atoms with E-state index in [4.69, 9.17) is 0 Å². The van der Waals surface area contributed by atoms with E-state index in [0.717, 1.165) is 30.6 Å². The van der Waals surface area contributed by atoms with Gasteiger partial charge in [-0.25, -0.2) is 0 Å². The molecule has 0 N–H and O–H groups in total. The molecule has 2 saturated carbocycles. The maximum Gasteiger partial charge on any atom is 0.245 e. The quantitative estimate of drug-likeness (QED) is 0.408. The number of carbonyl (C=O) groups excluding carboxylic acids is 4. The number of hydrogen-bond donors (Lipinski definition) is 0. The summed E-state index contributed by atoms with van der Waals surface area (Å²) in [5, 5.41) is 0. The van der Waals surface area contributed by atoms with Crippen LogP contribution in [-0.4, -0.2) is 46.5 Å². The molecule has 0 bridgehead atoms. The maximum absolute atomic E-state index is 13.0. The molecule has 26 heavy (non-hydrogen) atoms. The summed E-state index contributed by atoms with van der Waals surface area (Å²) in [7, 11) is 1.50. The van der Waals surface area contributed by atoms with E-state index in [0.29, 0.717) is 37.5 Å². The van der Waals surface area contributed by atoms with Crippen LogP contribution in [0.4, 0.5) is 0 Å². The first-order valence-corrected chi connectivity index (χ1v) is 9.93. The Kier molecular flexibility index (Phi) is 3.83. The fraction of sp³-hybridized carbons (Fsp3) is 0.800. The fourth-order valence-electron chi connectivity index (χ4n) is 5.85. The molecule has 2 aliphatic heterocycles. The average molecular weight is 360 g/mol. The summed E-state index contributed by atoms with van der Waals surface area (Å²) >= 11 is 0. The normalized spacial score (nSPS) is 36.2. The topological polar surface area (TPSA) is 74.8 Å². The van der Waals surface area contributed by atoms with Gasteiger partial charge in [-0.2, -0.15) is 0 Å². The number of nitrogens with zero attached hydrogens (tertiary/aromatic N) is 2. The van der Waals surface area contributed by atoms with Gasteiger partial charge in [-0.1, -0.05) is 13.8 Å². The molecule has 0 aromatic carbocycles. The smallest absolute Gasteiger partial charge is 0.245 e. The van der Waals surface area contributed by atoms with Crippen molar-refractivity contribution in [3.63, 3.8) is 0 Å². The van der Waals surface area contributed by atoms with Gasteiger partial charge in [-0.05, 0) is 63.2 Å². The second-order valence-electron chi connectivity index (χ2n) is 9.23. The van der Waals surface area contributed by atoms with E-state index in [-0.39, 0.29) is 29.7 Å². The van der Waals surface area contributed by atoms with Crippen LogP contribution in [-0.2, 0) is 19.2 Å². The lowest BCUT2D eigenvalue weighted by atomic mass is 9.56. The van der Waals surface area contributed by atoms with Crippen molar-refractivity contribution in [2.24, 2.45) is 22.7 Å².